The first-order chi connectivity index (χ1) is 8.26. The Hall–Kier alpha value is -1.69. The third kappa shape index (κ3) is 2.36. The molecule has 1 atom stereocenters. The number of amides is 1. The van der Waals surface area contributed by atoms with Gasteiger partial charge < -0.3 is 14.2 Å². The Balaban J connectivity index is 2.12. The SMILES string of the molecule is C=CC(=O)N1CCOC(c2nncn2CC)C1. The third-order valence-corrected chi connectivity index (χ3v) is 2.83. The van der Waals surface area contributed by atoms with Gasteiger partial charge in [-0.2, -0.15) is 0 Å². The van der Waals surface area contributed by atoms with E-state index in [2.05, 4.69) is 16.8 Å². The molecule has 1 aliphatic heterocycles. The molecule has 1 aromatic heterocycles. The number of ether oxygens (including phenoxy) is 1. The van der Waals surface area contributed by atoms with E-state index in [9.17, 15) is 4.79 Å². The standard InChI is InChI=1S/C11H16N4O2/c1-3-10(16)15-5-6-17-9(7-15)11-13-12-8-14(11)4-2/h3,8-9H,1,4-7H2,2H3. The molecule has 0 spiro atoms. The summed E-state index contributed by atoms with van der Waals surface area (Å²) < 4.78 is 7.56. The molecule has 2 rings (SSSR count). The van der Waals surface area contributed by atoms with Crippen molar-refractivity contribution in [2.75, 3.05) is 19.7 Å². The van der Waals surface area contributed by atoms with Crippen LogP contribution in [0.1, 0.15) is 18.9 Å². The summed E-state index contributed by atoms with van der Waals surface area (Å²) in [6.07, 6.45) is 2.80. The Kier molecular flexibility index (Phi) is 3.53. The van der Waals surface area contributed by atoms with E-state index in [0.717, 1.165) is 12.4 Å². The van der Waals surface area contributed by atoms with E-state index in [1.165, 1.54) is 6.08 Å². The summed E-state index contributed by atoms with van der Waals surface area (Å²) >= 11 is 0. The fraction of sp³-hybridized carbons (Fsp3) is 0.545. The van der Waals surface area contributed by atoms with Crippen LogP contribution in [-0.2, 0) is 16.1 Å². The van der Waals surface area contributed by atoms with E-state index in [0.29, 0.717) is 19.7 Å². The molecule has 6 heteroatoms. The highest BCUT2D eigenvalue weighted by Crippen LogP contribution is 2.20. The molecule has 2 heterocycles. The molecule has 0 radical (unpaired) electrons. The zero-order valence-electron chi connectivity index (χ0n) is 9.87. The summed E-state index contributed by atoms with van der Waals surface area (Å²) in [5.74, 6) is 0.704. The zero-order valence-corrected chi connectivity index (χ0v) is 9.87. The van der Waals surface area contributed by atoms with E-state index in [4.69, 9.17) is 4.74 Å². The normalized spacial score (nSPS) is 20.3. The minimum atomic E-state index is -0.199. The first kappa shape index (κ1) is 11.8. The van der Waals surface area contributed by atoms with E-state index in [-0.39, 0.29) is 12.0 Å². The molecule has 6 nitrogen and oxygen atoms in total. The topological polar surface area (TPSA) is 60.3 Å². The molecule has 0 aromatic carbocycles. The van der Waals surface area contributed by atoms with Gasteiger partial charge in [0, 0.05) is 13.1 Å². The number of carbonyl (C=O) groups is 1. The third-order valence-electron chi connectivity index (χ3n) is 2.83. The van der Waals surface area contributed by atoms with Crippen LogP contribution in [0, 0.1) is 0 Å². The minimum Gasteiger partial charge on any atom is -0.366 e. The number of nitrogens with zero attached hydrogens (tertiary/aromatic N) is 4. The van der Waals surface area contributed by atoms with Crippen molar-refractivity contribution in [1.82, 2.24) is 19.7 Å². The lowest BCUT2D eigenvalue weighted by atomic mass is 10.2. The molecular weight excluding hydrogens is 220 g/mol. The molecular formula is C11H16N4O2. The maximum Gasteiger partial charge on any atom is 0.246 e. The van der Waals surface area contributed by atoms with Crippen molar-refractivity contribution in [3.63, 3.8) is 0 Å². The average molecular weight is 236 g/mol. The van der Waals surface area contributed by atoms with Crippen LogP contribution in [0.2, 0.25) is 0 Å². The highest BCUT2D eigenvalue weighted by molar-refractivity contribution is 5.87. The van der Waals surface area contributed by atoms with Crippen LogP contribution in [0.3, 0.4) is 0 Å². The highest BCUT2D eigenvalue weighted by atomic mass is 16.5. The van der Waals surface area contributed by atoms with Crippen LogP contribution in [0.15, 0.2) is 19.0 Å². The van der Waals surface area contributed by atoms with E-state index < -0.39 is 0 Å². The number of rotatable bonds is 3. The molecule has 1 aromatic rings. The molecule has 0 N–H and O–H groups in total. The highest BCUT2D eigenvalue weighted by Gasteiger charge is 2.27. The monoisotopic (exact) mass is 236 g/mol. The molecule has 1 aliphatic rings. The zero-order chi connectivity index (χ0) is 12.3. The lowest BCUT2D eigenvalue weighted by molar-refractivity contribution is -0.134. The lowest BCUT2D eigenvalue weighted by Gasteiger charge is -2.31. The molecule has 1 saturated heterocycles. The van der Waals surface area contributed by atoms with Crippen LogP contribution >= 0.6 is 0 Å². The molecule has 0 bridgehead atoms. The largest absolute Gasteiger partial charge is 0.366 e. The smallest absolute Gasteiger partial charge is 0.246 e. The Morgan fingerprint density at radius 3 is 3.29 bits per heavy atom. The van der Waals surface area contributed by atoms with Crippen LogP contribution in [0.4, 0.5) is 0 Å². The minimum absolute atomic E-state index is 0.0686. The van der Waals surface area contributed by atoms with E-state index >= 15 is 0 Å². The van der Waals surface area contributed by atoms with Crippen molar-refractivity contribution in [2.24, 2.45) is 0 Å². The van der Waals surface area contributed by atoms with Gasteiger partial charge in [0.2, 0.25) is 5.91 Å². The van der Waals surface area contributed by atoms with Gasteiger partial charge in [0.05, 0.1) is 13.2 Å². The number of aryl methyl sites for hydroxylation is 1. The quantitative estimate of drug-likeness (QED) is 0.712. The Labute approximate surface area is 99.9 Å². The second kappa shape index (κ2) is 5.09. The van der Waals surface area contributed by atoms with Crippen molar-refractivity contribution in [3.8, 4) is 0 Å². The molecule has 92 valence electrons. The predicted molar refractivity (Wildman–Crippen MR) is 61.2 cm³/mol. The van der Waals surface area contributed by atoms with Gasteiger partial charge in [0.15, 0.2) is 5.82 Å². The Morgan fingerprint density at radius 1 is 1.76 bits per heavy atom. The summed E-state index contributed by atoms with van der Waals surface area (Å²) in [4.78, 5) is 13.3. The van der Waals surface area contributed by atoms with Gasteiger partial charge in [-0.15, -0.1) is 10.2 Å². The first-order valence-corrected chi connectivity index (χ1v) is 5.67. The molecule has 1 unspecified atom stereocenters. The van der Waals surface area contributed by atoms with Crippen LogP contribution in [0.5, 0.6) is 0 Å². The van der Waals surface area contributed by atoms with Gasteiger partial charge >= 0.3 is 0 Å². The molecule has 1 fully saturated rings. The molecule has 0 saturated carbocycles. The number of carbonyl (C=O) groups excluding carboxylic acids is 1. The van der Waals surface area contributed by atoms with Crippen molar-refractivity contribution in [2.45, 2.75) is 19.6 Å². The summed E-state index contributed by atoms with van der Waals surface area (Å²) in [6, 6.07) is 0. The van der Waals surface area contributed by atoms with Crippen molar-refractivity contribution in [1.29, 1.82) is 0 Å². The molecule has 1 amide bonds. The predicted octanol–water partition coefficient (Wildman–Crippen LogP) is 0.384. The number of morpholine rings is 1. The maximum atomic E-state index is 11.5. The average Bonchev–Trinajstić information content (AvgIpc) is 2.86. The second-order valence-corrected chi connectivity index (χ2v) is 3.82. The lowest BCUT2D eigenvalue weighted by Crippen LogP contribution is -2.42. The van der Waals surface area contributed by atoms with E-state index in [1.54, 1.807) is 11.2 Å². The first-order valence-electron chi connectivity index (χ1n) is 5.67. The van der Waals surface area contributed by atoms with Gasteiger partial charge in [-0.05, 0) is 13.0 Å². The molecule has 17 heavy (non-hydrogen) atoms. The van der Waals surface area contributed by atoms with Crippen LogP contribution in [0.25, 0.3) is 0 Å². The van der Waals surface area contributed by atoms with Gasteiger partial charge in [0.1, 0.15) is 12.4 Å². The number of hydrogen-bond donors (Lipinski definition) is 0. The fourth-order valence-corrected chi connectivity index (χ4v) is 1.89. The van der Waals surface area contributed by atoms with Gasteiger partial charge in [-0.25, -0.2) is 0 Å². The summed E-state index contributed by atoms with van der Waals surface area (Å²) in [7, 11) is 0. The van der Waals surface area contributed by atoms with Gasteiger partial charge in [-0.3, -0.25) is 4.79 Å². The van der Waals surface area contributed by atoms with E-state index in [1.807, 2.05) is 11.5 Å². The van der Waals surface area contributed by atoms with Crippen LogP contribution in [-0.4, -0.2) is 45.3 Å². The number of hydrogen-bond acceptors (Lipinski definition) is 4. The summed E-state index contributed by atoms with van der Waals surface area (Å²) in [6.45, 7) is 7.91. The van der Waals surface area contributed by atoms with Gasteiger partial charge in [-0.1, -0.05) is 6.58 Å². The maximum absolute atomic E-state index is 11.5. The van der Waals surface area contributed by atoms with Crippen molar-refractivity contribution < 1.29 is 9.53 Å². The Bertz CT molecular complexity index is 415. The summed E-state index contributed by atoms with van der Waals surface area (Å²) in [5, 5.41) is 7.92. The molecule has 0 aliphatic carbocycles. The van der Waals surface area contributed by atoms with Crippen LogP contribution < -0.4 is 0 Å². The Morgan fingerprint density at radius 2 is 2.59 bits per heavy atom. The number of aromatic nitrogens is 3. The van der Waals surface area contributed by atoms with Crippen molar-refractivity contribution >= 4 is 5.91 Å². The summed E-state index contributed by atoms with van der Waals surface area (Å²) in [5.41, 5.74) is 0. The second-order valence-electron chi connectivity index (χ2n) is 3.82. The fourth-order valence-electron chi connectivity index (χ4n) is 1.89. The van der Waals surface area contributed by atoms with Gasteiger partial charge in [0.25, 0.3) is 0 Å². The van der Waals surface area contributed by atoms with Crippen molar-refractivity contribution in [3.05, 3.63) is 24.8 Å².